The molecule has 0 aliphatic carbocycles. The van der Waals surface area contributed by atoms with E-state index in [2.05, 4.69) is 17.2 Å². The Bertz CT molecular complexity index is 522. The number of hydrogen-bond donors (Lipinski definition) is 0. The maximum atomic E-state index is 6.01. The highest BCUT2D eigenvalue weighted by Gasteiger charge is 2.08. The molecule has 2 rings (SSSR count). The molecule has 0 fully saturated rings. The van der Waals surface area contributed by atoms with Gasteiger partial charge >= 0.3 is 0 Å². The smallest absolute Gasteiger partial charge is 0.157 e. The molecule has 6 heteroatoms. The summed E-state index contributed by atoms with van der Waals surface area (Å²) in [5.41, 5.74) is 0.736. The van der Waals surface area contributed by atoms with E-state index in [0.717, 1.165) is 25.1 Å². The summed E-state index contributed by atoms with van der Waals surface area (Å²) in [6.07, 6.45) is 3.70. The Morgan fingerprint density at radius 1 is 1.26 bits per heavy atom. The standard InChI is InChI=1S/C13H14Cl2N3O/c1-2-3-7-18-8-10(16-17-18)9-19-13-11(14)5-4-6-12(13)15/h4-6,8H,1-3,7,9H2. The lowest BCUT2D eigenvalue weighted by Gasteiger charge is -2.07. The van der Waals surface area contributed by atoms with Crippen LogP contribution >= 0.6 is 23.2 Å². The third kappa shape index (κ3) is 3.85. The molecule has 0 amide bonds. The third-order valence-corrected chi connectivity index (χ3v) is 3.10. The number of ether oxygens (including phenoxy) is 1. The molecule has 0 aliphatic rings. The molecule has 1 radical (unpaired) electrons. The van der Waals surface area contributed by atoms with Crippen molar-refractivity contribution in [3.8, 4) is 5.75 Å². The van der Waals surface area contributed by atoms with Crippen molar-refractivity contribution in [1.82, 2.24) is 15.0 Å². The molecule has 0 bridgehead atoms. The lowest BCUT2D eigenvalue weighted by atomic mass is 10.3. The van der Waals surface area contributed by atoms with E-state index in [9.17, 15) is 0 Å². The molecule has 0 saturated heterocycles. The van der Waals surface area contributed by atoms with Crippen LogP contribution in [0.1, 0.15) is 18.5 Å². The maximum absolute atomic E-state index is 6.01. The Kier molecular flexibility index (Phi) is 5.05. The van der Waals surface area contributed by atoms with Gasteiger partial charge < -0.3 is 4.74 Å². The van der Waals surface area contributed by atoms with Crippen molar-refractivity contribution >= 4 is 23.2 Å². The first kappa shape index (κ1) is 14.2. The van der Waals surface area contributed by atoms with Crippen LogP contribution in [0.4, 0.5) is 0 Å². The number of hydrogen-bond acceptors (Lipinski definition) is 3. The van der Waals surface area contributed by atoms with Crippen molar-refractivity contribution in [1.29, 1.82) is 0 Å². The molecule has 0 spiro atoms. The van der Waals surface area contributed by atoms with Crippen LogP contribution in [0.25, 0.3) is 0 Å². The summed E-state index contributed by atoms with van der Waals surface area (Å²) in [6, 6.07) is 5.23. The fourth-order valence-corrected chi connectivity index (χ4v) is 2.06. The number of nitrogens with zero attached hydrogens (tertiary/aromatic N) is 3. The monoisotopic (exact) mass is 298 g/mol. The SMILES string of the molecule is [CH2]CCCn1cc(COc2c(Cl)cccc2Cl)nn1. The Labute approximate surface area is 122 Å². The lowest BCUT2D eigenvalue weighted by Crippen LogP contribution is -1.98. The average Bonchev–Trinajstić information content (AvgIpc) is 2.84. The number of aryl methyl sites for hydroxylation is 1. The second-order valence-electron chi connectivity index (χ2n) is 4.02. The summed E-state index contributed by atoms with van der Waals surface area (Å²) < 4.78 is 7.36. The summed E-state index contributed by atoms with van der Waals surface area (Å²) >= 11 is 12.0. The molecule has 0 saturated carbocycles. The van der Waals surface area contributed by atoms with Gasteiger partial charge in [-0.15, -0.1) is 5.10 Å². The van der Waals surface area contributed by atoms with Gasteiger partial charge in [-0.25, -0.2) is 0 Å². The molecule has 2 aromatic rings. The van der Waals surface area contributed by atoms with Crippen molar-refractivity contribution in [3.63, 3.8) is 0 Å². The van der Waals surface area contributed by atoms with Crippen LogP contribution in [-0.2, 0) is 13.2 Å². The number of halogens is 2. The first-order valence-electron chi connectivity index (χ1n) is 5.96. The second kappa shape index (κ2) is 6.78. The van der Waals surface area contributed by atoms with E-state index in [4.69, 9.17) is 27.9 Å². The predicted molar refractivity (Wildman–Crippen MR) is 75.4 cm³/mol. The van der Waals surface area contributed by atoms with Crippen LogP contribution in [0.15, 0.2) is 24.4 Å². The molecule has 4 nitrogen and oxygen atoms in total. The van der Waals surface area contributed by atoms with E-state index < -0.39 is 0 Å². The molecule has 0 N–H and O–H groups in total. The van der Waals surface area contributed by atoms with Crippen LogP contribution in [0, 0.1) is 6.92 Å². The summed E-state index contributed by atoms with van der Waals surface area (Å²) in [6.45, 7) is 4.88. The van der Waals surface area contributed by atoms with E-state index in [0.29, 0.717) is 15.8 Å². The number of para-hydroxylation sites is 1. The highest BCUT2D eigenvalue weighted by molar-refractivity contribution is 6.37. The lowest BCUT2D eigenvalue weighted by molar-refractivity contribution is 0.301. The topological polar surface area (TPSA) is 39.9 Å². The predicted octanol–water partition coefficient (Wildman–Crippen LogP) is 3.78. The van der Waals surface area contributed by atoms with Crippen LogP contribution in [0.2, 0.25) is 10.0 Å². The van der Waals surface area contributed by atoms with Gasteiger partial charge in [0.15, 0.2) is 5.75 Å². The second-order valence-corrected chi connectivity index (χ2v) is 4.83. The van der Waals surface area contributed by atoms with Gasteiger partial charge in [-0.1, -0.05) is 47.8 Å². The molecule has 101 valence electrons. The minimum atomic E-state index is 0.286. The van der Waals surface area contributed by atoms with Crippen molar-refractivity contribution in [2.45, 2.75) is 26.0 Å². The minimum absolute atomic E-state index is 0.286. The van der Waals surface area contributed by atoms with Gasteiger partial charge in [0.25, 0.3) is 0 Å². The zero-order chi connectivity index (χ0) is 13.7. The molecule has 0 atom stereocenters. The molecule has 1 aromatic heterocycles. The van der Waals surface area contributed by atoms with Crippen molar-refractivity contribution in [2.75, 3.05) is 0 Å². The summed E-state index contributed by atoms with van der Waals surface area (Å²) in [4.78, 5) is 0. The van der Waals surface area contributed by atoms with Crippen molar-refractivity contribution < 1.29 is 4.74 Å². The first-order valence-corrected chi connectivity index (χ1v) is 6.71. The molecule has 0 aliphatic heterocycles. The Morgan fingerprint density at radius 3 is 2.68 bits per heavy atom. The Morgan fingerprint density at radius 2 is 2.00 bits per heavy atom. The van der Waals surface area contributed by atoms with Crippen LogP contribution in [-0.4, -0.2) is 15.0 Å². The van der Waals surface area contributed by atoms with Gasteiger partial charge in [0, 0.05) is 6.54 Å². The molecular weight excluding hydrogens is 285 g/mol. The highest BCUT2D eigenvalue weighted by atomic mass is 35.5. The molecule has 1 aromatic carbocycles. The van der Waals surface area contributed by atoms with E-state index in [1.807, 2.05) is 6.20 Å². The molecular formula is C13H14Cl2N3O. The number of benzene rings is 1. The zero-order valence-electron chi connectivity index (χ0n) is 10.4. The number of unbranched alkanes of at least 4 members (excludes halogenated alkanes) is 1. The number of aromatic nitrogens is 3. The molecule has 1 heterocycles. The van der Waals surface area contributed by atoms with Gasteiger partial charge in [-0.05, 0) is 18.6 Å². The summed E-state index contributed by atoms with van der Waals surface area (Å²) in [5, 5.41) is 9.00. The van der Waals surface area contributed by atoms with Gasteiger partial charge in [-0.2, -0.15) is 0 Å². The van der Waals surface area contributed by atoms with Crippen LogP contribution in [0.5, 0.6) is 5.75 Å². The molecule has 19 heavy (non-hydrogen) atoms. The van der Waals surface area contributed by atoms with Crippen molar-refractivity contribution in [3.05, 3.63) is 47.1 Å². The third-order valence-electron chi connectivity index (χ3n) is 2.51. The Balaban J connectivity index is 1.97. The minimum Gasteiger partial charge on any atom is -0.484 e. The number of rotatable bonds is 6. The van der Waals surface area contributed by atoms with Crippen LogP contribution in [0.3, 0.4) is 0 Å². The van der Waals surface area contributed by atoms with E-state index in [-0.39, 0.29) is 6.61 Å². The fraction of sp³-hybridized carbons (Fsp3) is 0.308. The van der Waals surface area contributed by atoms with Crippen LogP contribution < -0.4 is 4.74 Å². The largest absolute Gasteiger partial charge is 0.484 e. The zero-order valence-corrected chi connectivity index (χ0v) is 11.9. The van der Waals surface area contributed by atoms with E-state index in [1.54, 1.807) is 22.9 Å². The van der Waals surface area contributed by atoms with E-state index in [1.165, 1.54) is 0 Å². The summed E-state index contributed by atoms with van der Waals surface area (Å²) in [7, 11) is 0. The van der Waals surface area contributed by atoms with Crippen molar-refractivity contribution in [2.24, 2.45) is 0 Å². The summed E-state index contributed by atoms with van der Waals surface area (Å²) in [5.74, 6) is 0.471. The maximum Gasteiger partial charge on any atom is 0.157 e. The Hall–Kier alpha value is -1.26. The highest BCUT2D eigenvalue weighted by Crippen LogP contribution is 2.32. The average molecular weight is 299 g/mol. The fourth-order valence-electron chi connectivity index (χ4n) is 1.55. The van der Waals surface area contributed by atoms with E-state index >= 15 is 0 Å². The van der Waals surface area contributed by atoms with Gasteiger partial charge in [0.1, 0.15) is 12.3 Å². The first-order chi connectivity index (χ1) is 9.20. The molecule has 0 unspecified atom stereocenters. The quantitative estimate of drug-likeness (QED) is 0.815. The normalized spacial score (nSPS) is 10.7. The van der Waals surface area contributed by atoms with Gasteiger partial charge in [0.2, 0.25) is 0 Å². The van der Waals surface area contributed by atoms with Gasteiger partial charge in [0.05, 0.1) is 16.2 Å². The van der Waals surface area contributed by atoms with Gasteiger partial charge in [-0.3, -0.25) is 4.68 Å².